The van der Waals surface area contributed by atoms with Gasteiger partial charge in [0.05, 0.1) is 11.4 Å². The van der Waals surface area contributed by atoms with Crippen LogP contribution in [0, 0.1) is 6.92 Å². The Balaban J connectivity index is 2.55. The van der Waals surface area contributed by atoms with Crippen molar-refractivity contribution in [3.8, 4) is 11.3 Å². The van der Waals surface area contributed by atoms with Crippen molar-refractivity contribution in [3.63, 3.8) is 0 Å². The van der Waals surface area contributed by atoms with E-state index >= 15 is 0 Å². The van der Waals surface area contributed by atoms with Crippen molar-refractivity contribution in [3.05, 3.63) is 35.8 Å². The normalized spacial score (nSPS) is 10.7. The molecule has 2 heterocycles. The van der Waals surface area contributed by atoms with Gasteiger partial charge in [-0.1, -0.05) is 6.07 Å². The van der Waals surface area contributed by atoms with Gasteiger partial charge in [0.2, 0.25) is 0 Å². The first kappa shape index (κ1) is 10.8. The first-order valence-corrected chi connectivity index (χ1v) is 5.38. The van der Waals surface area contributed by atoms with Crippen molar-refractivity contribution in [2.75, 3.05) is 6.54 Å². The van der Waals surface area contributed by atoms with Gasteiger partial charge in [-0.2, -0.15) is 5.10 Å². The monoisotopic (exact) mass is 216 g/mol. The third-order valence-corrected chi connectivity index (χ3v) is 2.64. The lowest BCUT2D eigenvalue weighted by Crippen LogP contribution is -2.08. The molecule has 0 saturated heterocycles. The molecule has 0 spiro atoms. The number of hydrogen-bond donors (Lipinski definition) is 1. The van der Waals surface area contributed by atoms with Crippen LogP contribution in [0.5, 0.6) is 0 Å². The first-order chi connectivity index (χ1) is 7.74. The van der Waals surface area contributed by atoms with E-state index in [9.17, 15) is 0 Å². The molecule has 2 aromatic rings. The molecule has 0 radical (unpaired) electrons. The van der Waals surface area contributed by atoms with Crippen LogP contribution < -0.4 is 5.73 Å². The molecule has 0 bridgehead atoms. The quantitative estimate of drug-likeness (QED) is 0.841. The van der Waals surface area contributed by atoms with Gasteiger partial charge in [0, 0.05) is 30.9 Å². The molecule has 2 aromatic heterocycles. The molecule has 16 heavy (non-hydrogen) atoms. The fourth-order valence-corrected chi connectivity index (χ4v) is 1.97. The van der Waals surface area contributed by atoms with Crippen LogP contribution in [0.2, 0.25) is 0 Å². The lowest BCUT2D eigenvalue weighted by atomic mass is 10.1. The number of hydrogen-bond acceptors (Lipinski definition) is 3. The number of aromatic nitrogens is 3. The summed E-state index contributed by atoms with van der Waals surface area (Å²) in [5.41, 5.74) is 9.87. The molecule has 0 saturated carbocycles. The molecule has 4 nitrogen and oxygen atoms in total. The number of nitrogens with two attached hydrogens (primary N) is 1. The SMILES string of the molecule is Cc1nn(C)c(CCN)c1-c1ccccn1. The summed E-state index contributed by atoms with van der Waals surface area (Å²) < 4.78 is 1.90. The zero-order chi connectivity index (χ0) is 11.5. The van der Waals surface area contributed by atoms with Gasteiger partial charge in [0.25, 0.3) is 0 Å². The Morgan fingerprint density at radius 2 is 2.19 bits per heavy atom. The number of aryl methyl sites for hydroxylation is 2. The highest BCUT2D eigenvalue weighted by Gasteiger charge is 2.14. The van der Waals surface area contributed by atoms with Crippen LogP contribution in [0.1, 0.15) is 11.4 Å². The van der Waals surface area contributed by atoms with E-state index in [-0.39, 0.29) is 0 Å². The van der Waals surface area contributed by atoms with Gasteiger partial charge in [-0.25, -0.2) is 0 Å². The highest BCUT2D eigenvalue weighted by atomic mass is 15.3. The van der Waals surface area contributed by atoms with Crippen LogP contribution in [0.15, 0.2) is 24.4 Å². The van der Waals surface area contributed by atoms with Gasteiger partial charge >= 0.3 is 0 Å². The molecule has 0 amide bonds. The maximum Gasteiger partial charge on any atom is 0.0739 e. The molecular formula is C12H16N4. The van der Waals surface area contributed by atoms with Crippen LogP contribution in [0.4, 0.5) is 0 Å². The maximum atomic E-state index is 5.62. The van der Waals surface area contributed by atoms with Crippen LogP contribution in [0.25, 0.3) is 11.3 Å². The summed E-state index contributed by atoms with van der Waals surface area (Å²) in [7, 11) is 1.95. The lowest BCUT2D eigenvalue weighted by molar-refractivity contribution is 0.701. The van der Waals surface area contributed by atoms with Crippen molar-refractivity contribution < 1.29 is 0 Å². The predicted octanol–water partition coefficient (Wildman–Crippen LogP) is 1.29. The lowest BCUT2D eigenvalue weighted by Gasteiger charge is -2.04. The maximum absolute atomic E-state index is 5.62. The molecule has 0 aliphatic carbocycles. The summed E-state index contributed by atoms with van der Waals surface area (Å²) in [4.78, 5) is 4.37. The van der Waals surface area contributed by atoms with Crippen LogP contribution in [0.3, 0.4) is 0 Å². The summed E-state index contributed by atoms with van der Waals surface area (Å²) in [5, 5.41) is 4.43. The summed E-state index contributed by atoms with van der Waals surface area (Å²) in [6.45, 7) is 2.63. The molecule has 0 atom stereocenters. The number of pyridine rings is 1. The van der Waals surface area contributed by atoms with Gasteiger partial charge in [-0.15, -0.1) is 0 Å². The zero-order valence-corrected chi connectivity index (χ0v) is 9.64. The second-order valence-electron chi connectivity index (χ2n) is 3.78. The van der Waals surface area contributed by atoms with Crippen LogP contribution in [-0.2, 0) is 13.5 Å². The summed E-state index contributed by atoms with van der Waals surface area (Å²) in [6, 6.07) is 5.91. The van der Waals surface area contributed by atoms with Gasteiger partial charge in [-0.05, 0) is 25.6 Å². The van der Waals surface area contributed by atoms with Crippen molar-refractivity contribution in [2.24, 2.45) is 12.8 Å². The summed E-state index contributed by atoms with van der Waals surface area (Å²) in [5.74, 6) is 0. The topological polar surface area (TPSA) is 56.7 Å². The van der Waals surface area contributed by atoms with E-state index < -0.39 is 0 Å². The van der Waals surface area contributed by atoms with E-state index in [0.717, 1.165) is 29.1 Å². The van der Waals surface area contributed by atoms with E-state index in [1.807, 2.05) is 36.9 Å². The van der Waals surface area contributed by atoms with Gasteiger partial charge in [0.1, 0.15) is 0 Å². The van der Waals surface area contributed by atoms with Crippen LogP contribution in [-0.4, -0.2) is 21.3 Å². The minimum atomic E-state index is 0.624. The Kier molecular flexibility index (Phi) is 3.01. The molecule has 4 heteroatoms. The fourth-order valence-electron chi connectivity index (χ4n) is 1.97. The smallest absolute Gasteiger partial charge is 0.0739 e. The van der Waals surface area contributed by atoms with E-state index in [2.05, 4.69) is 10.1 Å². The molecule has 0 aliphatic heterocycles. The largest absolute Gasteiger partial charge is 0.330 e. The third-order valence-electron chi connectivity index (χ3n) is 2.64. The molecule has 2 rings (SSSR count). The second kappa shape index (κ2) is 4.45. The minimum absolute atomic E-state index is 0.624. The predicted molar refractivity (Wildman–Crippen MR) is 63.9 cm³/mol. The van der Waals surface area contributed by atoms with Gasteiger partial charge < -0.3 is 5.73 Å². The molecule has 84 valence electrons. The molecule has 0 fully saturated rings. The number of nitrogens with zero attached hydrogens (tertiary/aromatic N) is 3. The zero-order valence-electron chi connectivity index (χ0n) is 9.64. The Labute approximate surface area is 95.1 Å². The standard InChI is InChI=1S/C12H16N4/c1-9-12(10-5-3-4-8-14-10)11(6-7-13)16(2)15-9/h3-5,8H,6-7,13H2,1-2H3. The number of rotatable bonds is 3. The Morgan fingerprint density at radius 1 is 1.38 bits per heavy atom. The molecular weight excluding hydrogens is 200 g/mol. The average molecular weight is 216 g/mol. The van der Waals surface area contributed by atoms with Crippen molar-refractivity contribution >= 4 is 0 Å². The highest BCUT2D eigenvalue weighted by Crippen LogP contribution is 2.25. The van der Waals surface area contributed by atoms with Crippen molar-refractivity contribution in [1.82, 2.24) is 14.8 Å². The average Bonchev–Trinajstić information content (AvgIpc) is 2.56. The Morgan fingerprint density at radius 3 is 2.81 bits per heavy atom. The molecule has 0 aliphatic rings. The van der Waals surface area contributed by atoms with E-state index in [1.165, 1.54) is 0 Å². The van der Waals surface area contributed by atoms with Crippen LogP contribution >= 0.6 is 0 Å². The molecule has 2 N–H and O–H groups in total. The van der Waals surface area contributed by atoms with Crippen molar-refractivity contribution in [1.29, 1.82) is 0 Å². The fraction of sp³-hybridized carbons (Fsp3) is 0.333. The third kappa shape index (κ3) is 1.84. The van der Waals surface area contributed by atoms with E-state index in [4.69, 9.17) is 5.73 Å². The second-order valence-corrected chi connectivity index (χ2v) is 3.78. The molecule has 0 aromatic carbocycles. The van der Waals surface area contributed by atoms with Gasteiger partial charge in [-0.3, -0.25) is 9.67 Å². The Hall–Kier alpha value is -1.68. The van der Waals surface area contributed by atoms with Gasteiger partial charge in [0.15, 0.2) is 0 Å². The Bertz CT molecular complexity index is 473. The first-order valence-electron chi connectivity index (χ1n) is 5.38. The molecule has 0 unspecified atom stereocenters. The minimum Gasteiger partial charge on any atom is -0.330 e. The summed E-state index contributed by atoms with van der Waals surface area (Å²) in [6.07, 6.45) is 2.62. The van der Waals surface area contributed by atoms with E-state index in [1.54, 1.807) is 6.20 Å². The van der Waals surface area contributed by atoms with E-state index in [0.29, 0.717) is 6.54 Å². The summed E-state index contributed by atoms with van der Waals surface area (Å²) >= 11 is 0. The highest BCUT2D eigenvalue weighted by molar-refractivity contribution is 5.64. The van der Waals surface area contributed by atoms with Crippen molar-refractivity contribution in [2.45, 2.75) is 13.3 Å².